The lowest BCUT2D eigenvalue weighted by Gasteiger charge is -2.35. The Morgan fingerprint density at radius 3 is 2.56 bits per heavy atom. The third-order valence-electron chi connectivity index (χ3n) is 4.47. The highest BCUT2D eigenvalue weighted by Crippen LogP contribution is 2.19. The molecule has 9 nitrogen and oxygen atoms in total. The minimum atomic E-state index is -0.0242. The summed E-state index contributed by atoms with van der Waals surface area (Å²) in [4.78, 5) is 25.3. The van der Waals surface area contributed by atoms with Crippen molar-refractivity contribution in [2.24, 2.45) is 0 Å². The van der Waals surface area contributed by atoms with Gasteiger partial charge in [0.05, 0.1) is 18.1 Å². The van der Waals surface area contributed by atoms with Gasteiger partial charge in [-0.05, 0) is 20.8 Å². The van der Waals surface area contributed by atoms with Gasteiger partial charge in [0.1, 0.15) is 17.1 Å². The maximum Gasteiger partial charge on any atom is 0.259 e. The van der Waals surface area contributed by atoms with Crippen molar-refractivity contribution in [3.63, 3.8) is 0 Å². The fourth-order valence-electron chi connectivity index (χ4n) is 3.21. The van der Waals surface area contributed by atoms with Crippen LogP contribution in [0, 0.1) is 20.8 Å². The molecule has 4 rings (SSSR count). The fraction of sp³-hybridized carbons (Fsp3) is 0.438. The van der Waals surface area contributed by atoms with Crippen molar-refractivity contribution in [2.45, 2.75) is 20.8 Å². The first-order chi connectivity index (χ1) is 12.0. The Morgan fingerprint density at radius 1 is 1.12 bits per heavy atom. The molecule has 0 atom stereocenters. The quantitative estimate of drug-likeness (QED) is 0.686. The van der Waals surface area contributed by atoms with E-state index in [1.807, 2.05) is 11.8 Å². The molecular weight excluding hydrogens is 322 g/mol. The number of hydrogen-bond acceptors (Lipinski definition) is 7. The highest BCUT2D eigenvalue weighted by Gasteiger charge is 2.27. The van der Waals surface area contributed by atoms with Gasteiger partial charge in [0.2, 0.25) is 0 Å². The number of carbonyl (C=O) groups excluding carboxylic acids is 1. The number of aromatic nitrogens is 5. The van der Waals surface area contributed by atoms with Gasteiger partial charge in [-0.3, -0.25) is 9.78 Å². The summed E-state index contributed by atoms with van der Waals surface area (Å²) in [6, 6.07) is 0. The summed E-state index contributed by atoms with van der Waals surface area (Å²) in [6.07, 6.45) is 3.48. The van der Waals surface area contributed by atoms with Gasteiger partial charge in [0, 0.05) is 26.2 Å². The monoisotopic (exact) mass is 341 g/mol. The van der Waals surface area contributed by atoms with Crippen LogP contribution in [0.15, 0.2) is 16.9 Å². The van der Waals surface area contributed by atoms with Crippen LogP contribution >= 0.6 is 0 Å². The first-order valence-electron chi connectivity index (χ1n) is 8.19. The van der Waals surface area contributed by atoms with Gasteiger partial charge in [0.15, 0.2) is 11.5 Å². The van der Waals surface area contributed by atoms with Crippen LogP contribution in [0.1, 0.15) is 27.6 Å². The summed E-state index contributed by atoms with van der Waals surface area (Å²) in [7, 11) is 0. The van der Waals surface area contributed by atoms with Gasteiger partial charge in [-0.25, -0.2) is 4.98 Å². The Hall–Kier alpha value is -2.97. The van der Waals surface area contributed by atoms with E-state index >= 15 is 0 Å². The van der Waals surface area contributed by atoms with Crippen molar-refractivity contribution in [3.05, 3.63) is 35.2 Å². The molecule has 0 spiro atoms. The number of rotatable bonds is 2. The minimum absolute atomic E-state index is 0.0242. The van der Waals surface area contributed by atoms with Crippen LogP contribution in [0.5, 0.6) is 0 Å². The number of hydrogen-bond donors (Lipinski definition) is 0. The molecule has 3 aromatic rings. The lowest BCUT2D eigenvalue weighted by atomic mass is 10.1. The highest BCUT2D eigenvalue weighted by molar-refractivity contribution is 5.96. The number of carbonyl (C=O) groups is 1. The van der Waals surface area contributed by atoms with Crippen molar-refractivity contribution < 1.29 is 9.32 Å². The molecule has 1 fully saturated rings. The lowest BCUT2D eigenvalue weighted by Crippen LogP contribution is -2.49. The summed E-state index contributed by atoms with van der Waals surface area (Å²) >= 11 is 0. The number of piperazine rings is 1. The van der Waals surface area contributed by atoms with Gasteiger partial charge in [-0.2, -0.15) is 4.52 Å². The Morgan fingerprint density at radius 2 is 1.88 bits per heavy atom. The molecule has 9 heteroatoms. The first kappa shape index (κ1) is 15.6. The van der Waals surface area contributed by atoms with Crippen LogP contribution in [0.4, 0.5) is 5.82 Å². The summed E-state index contributed by atoms with van der Waals surface area (Å²) in [5.74, 6) is 2.14. The molecule has 0 unspecified atom stereocenters. The van der Waals surface area contributed by atoms with Crippen LogP contribution < -0.4 is 4.90 Å². The molecule has 1 aliphatic heterocycles. The molecule has 3 aromatic heterocycles. The molecule has 1 amide bonds. The van der Waals surface area contributed by atoms with Crippen LogP contribution in [-0.2, 0) is 0 Å². The van der Waals surface area contributed by atoms with Gasteiger partial charge in [-0.15, -0.1) is 5.10 Å². The second kappa shape index (κ2) is 5.83. The predicted octanol–water partition coefficient (Wildman–Crippen LogP) is 1.000. The highest BCUT2D eigenvalue weighted by atomic mass is 16.5. The van der Waals surface area contributed by atoms with Crippen molar-refractivity contribution in [1.82, 2.24) is 29.6 Å². The molecule has 0 N–H and O–H groups in total. The van der Waals surface area contributed by atoms with E-state index in [9.17, 15) is 4.79 Å². The third-order valence-corrected chi connectivity index (χ3v) is 4.47. The maximum absolute atomic E-state index is 12.7. The molecule has 0 aromatic carbocycles. The molecular formula is C16H19N7O2. The van der Waals surface area contributed by atoms with E-state index in [0.29, 0.717) is 49.0 Å². The predicted molar refractivity (Wildman–Crippen MR) is 89.6 cm³/mol. The average Bonchev–Trinajstić information content (AvgIpc) is 3.15. The van der Waals surface area contributed by atoms with E-state index < -0.39 is 0 Å². The third kappa shape index (κ3) is 2.61. The second-order valence-electron chi connectivity index (χ2n) is 6.17. The molecule has 0 bridgehead atoms. The molecule has 130 valence electrons. The number of nitrogens with zero attached hydrogens (tertiary/aromatic N) is 7. The number of aryl methyl sites for hydroxylation is 3. The van der Waals surface area contributed by atoms with Gasteiger partial charge >= 0.3 is 0 Å². The van der Waals surface area contributed by atoms with Gasteiger partial charge in [-0.1, -0.05) is 5.16 Å². The zero-order valence-corrected chi connectivity index (χ0v) is 14.4. The van der Waals surface area contributed by atoms with Crippen LogP contribution in [0.2, 0.25) is 0 Å². The normalized spacial score (nSPS) is 15.2. The summed E-state index contributed by atoms with van der Waals surface area (Å²) in [5.41, 5.74) is 1.94. The Kier molecular flexibility index (Phi) is 3.63. The summed E-state index contributed by atoms with van der Waals surface area (Å²) in [5, 5.41) is 8.30. The standard InChI is InChI=1S/C16H19N7O2/c1-10-15(11(2)25-20-10)16(24)22-6-4-21(5-7-22)14-9-17-8-13-18-12(3)19-23(13)14/h8-9H,4-7H2,1-3H3. The van der Waals surface area contributed by atoms with Crippen molar-refractivity contribution in [1.29, 1.82) is 0 Å². The summed E-state index contributed by atoms with van der Waals surface area (Å²) < 4.78 is 6.91. The zero-order chi connectivity index (χ0) is 17.6. The largest absolute Gasteiger partial charge is 0.361 e. The number of amides is 1. The van der Waals surface area contributed by atoms with E-state index in [-0.39, 0.29) is 5.91 Å². The van der Waals surface area contributed by atoms with Gasteiger partial charge < -0.3 is 14.3 Å². The van der Waals surface area contributed by atoms with Crippen LogP contribution in [0.3, 0.4) is 0 Å². The van der Waals surface area contributed by atoms with Crippen LogP contribution in [0.25, 0.3) is 5.65 Å². The minimum Gasteiger partial charge on any atom is -0.361 e. The molecule has 0 radical (unpaired) electrons. The molecule has 25 heavy (non-hydrogen) atoms. The molecule has 1 saturated heterocycles. The SMILES string of the molecule is Cc1nc2cncc(N3CCN(C(=O)c4c(C)noc4C)CC3)n2n1. The van der Waals surface area contributed by atoms with E-state index in [1.54, 1.807) is 30.8 Å². The molecule has 0 aliphatic carbocycles. The van der Waals surface area contributed by atoms with Crippen molar-refractivity contribution in [2.75, 3.05) is 31.1 Å². The number of fused-ring (bicyclic) bond motifs is 1. The fourth-order valence-corrected chi connectivity index (χ4v) is 3.21. The van der Waals surface area contributed by atoms with E-state index in [2.05, 4.69) is 25.1 Å². The lowest BCUT2D eigenvalue weighted by molar-refractivity contribution is 0.0744. The second-order valence-corrected chi connectivity index (χ2v) is 6.17. The van der Waals surface area contributed by atoms with Crippen molar-refractivity contribution >= 4 is 17.4 Å². The molecule has 0 saturated carbocycles. The van der Waals surface area contributed by atoms with Gasteiger partial charge in [0.25, 0.3) is 5.91 Å². The average molecular weight is 341 g/mol. The molecule has 1 aliphatic rings. The first-order valence-corrected chi connectivity index (χ1v) is 8.19. The number of anilines is 1. The van der Waals surface area contributed by atoms with Crippen molar-refractivity contribution in [3.8, 4) is 0 Å². The topological polar surface area (TPSA) is 92.7 Å². The van der Waals surface area contributed by atoms with Crippen LogP contribution in [-0.4, -0.2) is 61.7 Å². The van der Waals surface area contributed by atoms with E-state index in [1.165, 1.54) is 0 Å². The Balaban J connectivity index is 1.52. The van der Waals surface area contributed by atoms with E-state index in [0.717, 1.165) is 11.5 Å². The molecule has 4 heterocycles. The zero-order valence-electron chi connectivity index (χ0n) is 14.4. The Labute approximate surface area is 144 Å². The summed E-state index contributed by atoms with van der Waals surface area (Å²) in [6.45, 7) is 8.06. The smallest absolute Gasteiger partial charge is 0.259 e. The maximum atomic E-state index is 12.7. The Bertz CT molecular complexity index is 918. The van der Waals surface area contributed by atoms with E-state index in [4.69, 9.17) is 4.52 Å².